The summed E-state index contributed by atoms with van der Waals surface area (Å²) in [6, 6.07) is 6.14. The van der Waals surface area contributed by atoms with Gasteiger partial charge in [-0.3, -0.25) is 0 Å². The topological polar surface area (TPSA) is 70.6 Å². The minimum atomic E-state index is -0.316. The molecule has 1 aromatic rings. The molecule has 18 heavy (non-hydrogen) atoms. The average molecular weight is 314 g/mol. The van der Waals surface area contributed by atoms with Gasteiger partial charge in [0.25, 0.3) is 0 Å². The summed E-state index contributed by atoms with van der Waals surface area (Å²) in [5, 5.41) is 15.1. The molecule has 0 saturated heterocycles. The molecule has 4 nitrogen and oxygen atoms in total. The molecule has 0 spiro atoms. The van der Waals surface area contributed by atoms with Gasteiger partial charge < -0.3 is 16.3 Å². The van der Waals surface area contributed by atoms with Crippen LogP contribution in [0.1, 0.15) is 25.8 Å². The monoisotopic (exact) mass is 313 g/mol. The molecule has 1 aromatic carbocycles. The Kier molecular flexibility index (Phi) is 5.02. The summed E-state index contributed by atoms with van der Waals surface area (Å²) < 4.78 is 1.09. The number of benzene rings is 1. The first-order valence-corrected chi connectivity index (χ1v) is 6.64. The molecule has 5 heteroatoms. The second-order valence-corrected chi connectivity index (χ2v) is 5.86. The van der Waals surface area contributed by atoms with Gasteiger partial charge in [-0.05, 0) is 31.0 Å². The maximum absolute atomic E-state index is 8.69. The van der Waals surface area contributed by atoms with Gasteiger partial charge >= 0.3 is 0 Å². The largest absolute Gasteiger partial charge is 0.409 e. The molecule has 0 aliphatic carbocycles. The second kappa shape index (κ2) is 6.09. The van der Waals surface area contributed by atoms with Crippen LogP contribution in [-0.2, 0) is 0 Å². The predicted molar refractivity (Wildman–Crippen MR) is 79.2 cm³/mol. The van der Waals surface area contributed by atoms with Crippen molar-refractivity contribution in [2.45, 2.75) is 27.2 Å². The Morgan fingerprint density at radius 2 is 2.17 bits per heavy atom. The molecular weight excluding hydrogens is 294 g/mol. The van der Waals surface area contributed by atoms with Crippen molar-refractivity contribution >= 4 is 27.5 Å². The molecule has 0 fully saturated rings. The second-order valence-electron chi connectivity index (χ2n) is 5.01. The average Bonchev–Trinajstić information content (AvgIpc) is 2.32. The number of anilines is 1. The summed E-state index contributed by atoms with van der Waals surface area (Å²) in [5.74, 6) is 0.259. The van der Waals surface area contributed by atoms with Crippen LogP contribution in [0.25, 0.3) is 0 Å². The molecule has 0 radical (unpaired) electrons. The molecule has 0 aliphatic heterocycles. The normalized spacial score (nSPS) is 12.6. The summed E-state index contributed by atoms with van der Waals surface area (Å²) in [6.45, 7) is 6.72. The van der Waals surface area contributed by atoms with E-state index in [0.717, 1.165) is 23.1 Å². The van der Waals surface area contributed by atoms with E-state index in [1.807, 2.05) is 26.0 Å². The fourth-order valence-corrected chi connectivity index (χ4v) is 1.86. The number of halogens is 1. The summed E-state index contributed by atoms with van der Waals surface area (Å²) >= 11 is 3.50. The van der Waals surface area contributed by atoms with Gasteiger partial charge in [0.2, 0.25) is 0 Å². The van der Waals surface area contributed by atoms with E-state index >= 15 is 0 Å². The maximum Gasteiger partial charge on any atom is 0.144 e. The highest BCUT2D eigenvalue weighted by Crippen LogP contribution is 2.23. The number of nitrogens with zero attached hydrogens (tertiary/aromatic N) is 1. The Bertz CT molecular complexity index is 444. The zero-order chi connectivity index (χ0) is 13.8. The molecule has 0 heterocycles. The highest BCUT2D eigenvalue weighted by atomic mass is 79.9. The van der Waals surface area contributed by atoms with Gasteiger partial charge in [0.05, 0.1) is 0 Å². The molecule has 0 aliphatic rings. The number of hydrogen-bond donors (Lipinski definition) is 3. The van der Waals surface area contributed by atoms with Gasteiger partial charge in [-0.1, -0.05) is 41.0 Å². The first-order chi connectivity index (χ1) is 8.36. The van der Waals surface area contributed by atoms with Crippen molar-refractivity contribution in [1.29, 1.82) is 0 Å². The van der Waals surface area contributed by atoms with Crippen molar-refractivity contribution in [3.8, 4) is 0 Å². The van der Waals surface area contributed by atoms with Crippen LogP contribution in [0.5, 0.6) is 0 Å². The smallest absolute Gasteiger partial charge is 0.144 e. The van der Waals surface area contributed by atoms with Crippen molar-refractivity contribution in [3.05, 3.63) is 28.2 Å². The molecule has 100 valence electrons. The number of nitrogens with one attached hydrogen (secondary N) is 1. The highest BCUT2D eigenvalue weighted by molar-refractivity contribution is 9.10. The maximum atomic E-state index is 8.69. The Balaban J connectivity index is 2.54. The number of nitrogens with two attached hydrogens (primary N) is 1. The van der Waals surface area contributed by atoms with E-state index < -0.39 is 0 Å². The van der Waals surface area contributed by atoms with E-state index in [9.17, 15) is 0 Å². The first kappa shape index (κ1) is 14.8. The lowest BCUT2D eigenvalue weighted by atomic mass is 9.88. The van der Waals surface area contributed by atoms with Gasteiger partial charge in [-0.25, -0.2) is 0 Å². The zero-order valence-corrected chi connectivity index (χ0v) is 12.6. The number of amidine groups is 1. The molecule has 0 unspecified atom stereocenters. The highest BCUT2D eigenvalue weighted by Gasteiger charge is 2.22. The van der Waals surface area contributed by atoms with E-state index in [4.69, 9.17) is 10.9 Å². The fraction of sp³-hybridized carbons (Fsp3) is 0.462. The molecular formula is C13H20BrN3O. The van der Waals surface area contributed by atoms with Crippen molar-refractivity contribution in [3.63, 3.8) is 0 Å². The summed E-state index contributed by atoms with van der Waals surface area (Å²) in [5.41, 5.74) is 7.59. The lowest BCUT2D eigenvalue weighted by Crippen LogP contribution is -2.33. The molecule has 0 saturated carbocycles. The van der Waals surface area contributed by atoms with Crippen LogP contribution in [-0.4, -0.2) is 17.6 Å². The fourth-order valence-electron chi connectivity index (χ4n) is 1.49. The number of aryl methyl sites for hydroxylation is 1. The Labute approximate surface area is 116 Å². The molecule has 1 rings (SSSR count). The van der Waals surface area contributed by atoms with E-state index in [1.165, 1.54) is 5.56 Å². The first-order valence-electron chi connectivity index (χ1n) is 5.85. The van der Waals surface area contributed by atoms with Gasteiger partial charge in [0, 0.05) is 22.1 Å². The van der Waals surface area contributed by atoms with Crippen LogP contribution in [0.15, 0.2) is 27.8 Å². The molecule has 0 bridgehead atoms. The minimum absolute atomic E-state index is 0.259. The lowest BCUT2D eigenvalue weighted by Gasteiger charge is -2.23. The van der Waals surface area contributed by atoms with Crippen LogP contribution < -0.4 is 11.1 Å². The number of rotatable bonds is 5. The summed E-state index contributed by atoms with van der Waals surface area (Å²) in [6.07, 6.45) is 0.786. The van der Waals surface area contributed by atoms with Crippen molar-refractivity contribution < 1.29 is 5.21 Å². The van der Waals surface area contributed by atoms with Crippen LogP contribution in [0.4, 0.5) is 5.69 Å². The Morgan fingerprint density at radius 3 is 2.72 bits per heavy atom. The summed E-state index contributed by atoms with van der Waals surface area (Å²) in [7, 11) is 0. The van der Waals surface area contributed by atoms with Gasteiger partial charge in [0.15, 0.2) is 0 Å². The third-order valence-corrected chi connectivity index (χ3v) is 3.91. The van der Waals surface area contributed by atoms with Gasteiger partial charge in [0.1, 0.15) is 5.84 Å². The number of hydrogen-bond acceptors (Lipinski definition) is 3. The standard InChI is InChI=1S/C13H20BrN3O/c1-9-4-5-10(8-11(9)14)16-7-6-13(2,3)12(15)17-18/h4-5,8,16,18H,6-7H2,1-3H3,(H2,15,17). The predicted octanol–water partition coefficient (Wildman–Crippen LogP) is 3.33. The summed E-state index contributed by atoms with van der Waals surface area (Å²) in [4.78, 5) is 0. The third-order valence-electron chi connectivity index (χ3n) is 3.05. The third kappa shape index (κ3) is 3.91. The number of oxime groups is 1. The molecule has 0 amide bonds. The molecule has 0 aromatic heterocycles. The zero-order valence-electron chi connectivity index (χ0n) is 11.0. The molecule has 0 atom stereocenters. The van der Waals surface area contributed by atoms with Gasteiger partial charge in [-0.2, -0.15) is 0 Å². The van der Waals surface area contributed by atoms with Crippen LogP contribution >= 0.6 is 15.9 Å². The quantitative estimate of drug-likeness (QED) is 0.338. The van der Waals surface area contributed by atoms with E-state index in [-0.39, 0.29) is 11.3 Å². The van der Waals surface area contributed by atoms with Crippen molar-refractivity contribution in [1.82, 2.24) is 0 Å². The lowest BCUT2D eigenvalue weighted by molar-refractivity contribution is 0.306. The van der Waals surface area contributed by atoms with Crippen molar-refractivity contribution in [2.75, 3.05) is 11.9 Å². The minimum Gasteiger partial charge on any atom is -0.409 e. The van der Waals surface area contributed by atoms with Crippen LogP contribution in [0.3, 0.4) is 0 Å². The van der Waals surface area contributed by atoms with Crippen LogP contribution in [0.2, 0.25) is 0 Å². The SMILES string of the molecule is Cc1ccc(NCCC(C)(C)C(N)=NO)cc1Br. The van der Waals surface area contributed by atoms with E-state index in [1.54, 1.807) is 0 Å². The van der Waals surface area contributed by atoms with Gasteiger partial charge in [-0.15, -0.1) is 0 Å². The Morgan fingerprint density at radius 1 is 1.50 bits per heavy atom. The van der Waals surface area contributed by atoms with Crippen molar-refractivity contribution in [2.24, 2.45) is 16.3 Å². The van der Waals surface area contributed by atoms with Crippen LogP contribution in [0, 0.1) is 12.3 Å². The molecule has 4 N–H and O–H groups in total. The Hall–Kier alpha value is -1.23. The van der Waals surface area contributed by atoms with E-state index in [0.29, 0.717) is 0 Å². The van der Waals surface area contributed by atoms with E-state index in [2.05, 4.69) is 39.4 Å².